The summed E-state index contributed by atoms with van der Waals surface area (Å²) in [4.78, 5) is 47.0. The van der Waals surface area contributed by atoms with Gasteiger partial charge in [-0.25, -0.2) is 14.4 Å². The maximum Gasteiger partial charge on any atom is 0.412 e. The van der Waals surface area contributed by atoms with Crippen molar-refractivity contribution in [2.75, 3.05) is 64.8 Å². The standard InChI is InChI=1S/C19H21N3O6.C11H10O4.C11H10O3.C10H10O2/c1-2-25-18(23)15(11-22-7-3-6-20-22)28-19(24)21-16-13-5-9-26-14(13)10-12-4-8-27-17(12)16;12-11(13)9-7-2-4-14-8(7)5-6-1-3-15-10(6)9;12-6-9-8-2-4-13-10(8)5-7-1-3-14-11(7)9;1-3-11-9-6-8-2-4-12-10(8)5-7(1)9/h3,6-7,10,15H,2,4-5,8-9,11H2,1H3,(H,21,24);5H,1-4H2,(H,12,13);5-6H,1-4H2;5-6H,1-4H2. The zero-order chi connectivity index (χ0) is 47.4. The molecule has 0 saturated heterocycles. The Hall–Kier alpha value is -7.63. The number of ether oxygens (including phenoxy) is 10. The summed E-state index contributed by atoms with van der Waals surface area (Å²) in [6.07, 6.45) is 8.87. The van der Waals surface area contributed by atoms with E-state index in [-0.39, 0.29) is 13.2 Å². The van der Waals surface area contributed by atoms with Crippen LogP contribution in [0.5, 0.6) is 46.0 Å². The fourth-order valence-corrected chi connectivity index (χ4v) is 9.56. The molecule has 2 N–H and O–H groups in total. The highest BCUT2D eigenvalue weighted by molar-refractivity contribution is 5.95. The molecular weight excluding hydrogens is 895 g/mol. The van der Waals surface area contributed by atoms with Crippen molar-refractivity contribution in [3.63, 3.8) is 0 Å². The Balaban J connectivity index is 0.000000114. The van der Waals surface area contributed by atoms with Crippen molar-refractivity contribution in [2.45, 2.75) is 70.9 Å². The lowest BCUT2D eigenvalue weighted by atomic mass is 10.00. The molecule has 0 saturated carbocycles. The van der Waals surface area contributed by atoms with E-state index in [1.54, 1.807) is 25.4 Å². The van der Waals surface area contributed by atoms with Crippen molar-refractivity contribution in [1.82, 2.24) is 9.78 Å². The van der Waals surface area contributed by atoms with Gasteiger partial charge in [-0.05, 0) is 43.3 Å². The molecule has 0 spiro atoms. The summed E-state index contributed by atoms with van der Waals surface area (Å²) in [7, 11) is 0. The zero-order valence-corrected chi connectivity index (χ0v) is 38.1. The Labute approximate surface area is 396 Å². The molecule has 69 heavy (non-hydrogen) atoms. The monoisotopic (exact) mass is 945 g/mol. The first kappa shape index (κ1) is 45.2. The van der Waals surface area contributed by atoms with Crippen molar-refractivity contribution in [3.8, 4) is 46.0 Å². The highest BCUT2D eigenvalue weighted by Gasteiger charge is 2.32. The number of amides is 1. The van der Waals surface area contributed by atoms with Crippen LogP contribution in [0.4, 0.5) is 10.5 Å². The van der Waals surface area contributed by atoms with E-state index < -0.39 is 24.1 Å². The van der Waals surface area contributed by atoms with Gasteiger partial charge in [0, 0.05) is 108 Å². The first-order chi connectivity index (χ1) is 33.8. The maximum atomic E-state index is 12.6. The van der Waals surface area contributed by atoms with Gasteiger partial charge in [0.2, 0.25) is 6.10 Å². The van der Waals surface area contributed by atoms with E-state index in [0.717, 1.165) is 126 Å². The van der Waals surface area contributed by atoms with Crippen LogP contribution in [0.3, 0.4) is 0 Å². The number of nitrogens with one attached hydrogen (secondary N) is 1. The van der Waals surface area contributed by atoms with E-state index in [9.17, 15) is 24.3 Å². The van der Waals surface area contributed by atoms with Crippen molar-refractivity contribution < 1.29 is 71.7 Å². The van der Waals surface area contributed by atoms with Gasteiger partial charge in [0.25, 0.3) is 0 Å². The molecule has 13 rings (SSSR count). The topological polar surface area (TPSA) is 211 Å². The van der Waals surface area contributed by atoms with Crippen LogP contribution in [0.1, 0.15) is 72.1 Å². The van der Waals surface area contributed by atoms with Gasteiger partial charge in [-0.2, -0.15) is 5.10 Å². The lowest BCUT2D eigenvalue weighted by molar-refractivity contribution is -0.153. The predicted molar refractivity (Wildman–Crippen MR) is 244 cm³/mol. The molecule has 1 amide bonds. The lowest BCUT2D eigenvalue weighted by Crippen LogP contribution is -2.35. The smallest absolute Gasteiger partial charge is 0.412 e. The Kier molecular flexibility index (Phi) is 13.0. The van der Waals surface area contributed by atoms with E-state index in [1.165, 1.54) is 15.8 Å². The molecule has 0 fully saturated rings. The normalized spacial score (nSPS) is 16.2. The quantitative estimate of drug-likeness (QED) is 0.133. The number of hydrogen-bond donors (Lipinski definition) is 2. The largest absolute Gasteiger partial charge is 0.493 e. The number of anilines is 1. The van der Waals surface area contributed by atoms with Crippen molar-refractivity contribution in [2.24, 2.45) is 0 Å². The summed E-state index contributed by atoms with van der Waals surface area (Å²) in [5, 5.41) is 16.0. The number of aldehydes is 1. The molecule has 1 unspecified atom stereocenters. The van der Waals surface area contributed by atoms with Gasteiger partial charge >= 0.3 is 18.0 Å². The van der Waals surface area contributed by atoms with Crippen LogP contribution in [0.15, 0.2) is 48.8 Å². The molecule has 9 heterocycles. The van der Waals surface area contributed by atoms with E-state index in [2.05, 4.69) is 22.5 Å². The van der Waals surface area contributed by atoms with Crippen LogP contribution in [-0.2, 0) is 72.2 Å². The molecule has 1 atom stereocenters. The number of aromatic carboxylic acids is 1. The van der Waals surface area contributed by atoms with E-state index in [4.69, 9.17) is 47.4 Å². The second-order valence-corrected chi connectivity index (χ2v) is 17.0. The van der Waals surface area contributed by atoms with Crippen LogP contribution >= 0.6 is 0 Å². The number of rotatable bonds is 8. The summed E-state index contributed by atoms with van der Waals surface area (Å²) in [6.45, 7) is 7.19. The molecule has 18 heteroatoms. The predicted octanol–water partition coefficient (Wildman–Crippen LogP) is 6.11. The SMILES string of the molecule is CCOC(=O)C(Cn1cccn1)OC(=O)Nc1c2c(cc3c1OCC3)OCC2.O=C(O)c1c2c(cc3c1OCC3)OCC2.O=Cc1c2c(cc3c1OCC3)OCC2.c1c2c(cc3c1OCC3)OCC2. The summed E-state index contributed by atoms with van der Waals surface area (Å²) in [5.41, 5.74) is 9.86. The molecular formula is C51H51N3O15. The molecule has 0 radical (unpaired) electrons. The van der Waals surface area contributed by atoms with Gasteiger partial charge in [0.05, 0.1) is 77.3 Å². The Morgan fingerprint density at radius 1 is 0.652 bits per heavy atom. The molecule has 4 aromatic carbocycles. The van der Waals surface area contributed by atoms with Crippen LogP contribution in [0, 0.1) is 0 Å². The first-order valence-electron chi connectivity index (χ1n) is 23.3. The van der Waals surface area contributed by atoms with Gasteiger partial charge < -0.3 is 52.5 Å². The number of aromatic nitrogens is 2. The van der Waals surface area contributed by atoms with Crippen LogP contribution < -0.4 is 43.2 Å². The number of benzene rings is 4. The number of carbonyl (C=O) groups excluding carboxylic acids is 3. The number of hydrogen-bond acceptors (Lipinski definition) is 15. The number of carboxylic acids is 1. The highest BCUT2D eigenvalue weighted by Crippen LogP contribution is 2.45. The summed E-state index contributed by atoms with van der Waals surface area (Å²) in [6, 6.07) is 11.9. The molecule has 8 aliphatic rings. The van der Waals surface area contributed by atoms with Crippen molar-refractivity contribution >= 4 is 30.0 Å². The maximum absolute atomic E-state index is 12.6. The minimum absolute atomic E-state index is 0.0594. The second kappa shape index (κ2) is 19.9. The minimum Gasteiger partial charge on any atom is -0.493 e. The second-order valence-electron chi connectivity index (χ2n) is 17.0. The Morgan fingerprint density at radius 3 is 1.75 bits per heavy atom. The third-order valence-electron chi connectivity index (χ3n) is 12.8. The molecule has 18 nitrogen and oxygen atoms in total. The van der Waals surface area contributed by atoms with Gasteiger partial charge in [0.1, 0.15) is 51.6 Å². The van der Waals surface area contributed by atoms with Crippen molar-refractivity contribution in [1.29, 1.82) is 0 Å². The summed E-state index contributed by atoms with van der Waals surface area (Å²) in [5.74, 6) is 4.90. The first-order valence-corrected chi connectivity index (χ1v) is 23.3. The molecule has 8 aliphatic heterocycles. The third kappa shape index (κ3) is 9.34. The summed E-state index contributed by atoms with van der Waals surface area (Å²) >= 11 is 0. The number of fused-ring (bicyclic) bond motifs is 8. The number of carbonyl (C=O) groups is 4. The van der Waals surface area contributed by atoms with Gasteiger partial charge in [-0.3, -0.25) is 14.8 Å². The Morgan fingerprint density at radius 2 is 1.14 bits per heavy atom. The lowest BCUT2D eigenvalue weighted by Gasteiger charge is -2.18. The van der Waals surface area contributed by atoms with Crippen molar-refractivity contribution in [3.05, 3.63) is 104 Å². The van der Waals surface area contributed by atoms with Crippen LogP contribution in [0.25, 0.3) is 0 Å². The van der Waals surface area contributed by atoms with Crippen LogP contribution in [-0.4, -0.2) is 105 Å². The van der Waals surface area contributed by atoms with Gasteiger partial charge in [-0.15, -0.1) is 0 Å². The number of esters is 1. The van der Waals surface area contributed by atoms with Gasteiger partial charge in [-0.1, -0.05) is 0 Å². The molecule has 1 aromatic heterocycles. The molecule has 0 bridgehead atoms. The van der Waals surface area contributed by atoms with Gasteiger partial charge in [0.15, 0.2) is 6.29 Å². The summed E-state index contributed by atoms with van der Waals surface area (Å²) < 4.78 is 55.9. The average molecular weight is 946 g/mol. The highest BCUT2D eigenvalue weighted by atomic mass is 16.6. The molecule has 360 valence electrons. The molecule has 0 aliphatic carbocycles. The van der Waals surface area contributed by atoms with E-state index >= 15 is 0 Å². The number of nitrogens with zero attached hydrogens (tertiary/aromatic N) is 2. The van der Waals surface area contributed by atoms with Crippen LogP contribution in [0.2, 0.25) is 0 Å². The third-order valence-corrected chi connectivity index (χ3v) is 12.8. The fourth-order valence-electron chi connectivity index (χ4n) is 9.56. The van der Waals surface area contributed by atoms with E-state index in [1.807, 2.05) is 18.2 Å². The minimum atomic E-state index is -1.12. The fraction of sp³-hybridized carbons (Fsp3) is 0.392. The Bertz CT molecular complexity index is 2650. The molecule has 5 aromatic rings. The average Bonchev–Trinajstić information content (AvgIpc) is 4.18. The zero-order valence-electron chi connectivity index (χ0n) is 38.1. The van der Waals surface area contributed by atoms with E-state index in [0.29, 0.717) is 80.8 Å². The number of carboxylic acid groups (broad SMARTS) is 1.